The predicted molar refractivity (Wildman–Crippen MR) is 87.6 cm³/mol. The molecule has 6 nitrogen and oxygen atoms in total. The zero-order chi connectivity index (χ0) is 17.5. The summed E-state index contributed by atoms with van der Waals surface area (Å²) in [7, 11) is 0. The molecule has 2 aliphatic rings. The first-order chi connectivity index (χ1) is 12.0. The molecule has 0 bridgehead atoms. The van der Waals surface area contributed by atoms with Crippen LogP contribution in [0.3, 0.4) is 0 Å². The number of H-pyrrole nitrogens is 1. The number of piperidine rings is 1. The highest BCUT2D eigenvalue weighted by Crippen LogP contribution is 2.50. The number of carbonyl (C=O) groups is 1. The highest BCUT2D eigenvalue weighted by Gasteiger charge is 2.60. The molecule has 1 atom stereocenters. The second-order valence-corrected chi connectivity index (χ2v) is 6.79. The molecule has 8 heteroatoms. The first-order valence-electron chi connectivity index (χ1n) is 8.32. The van der Waals surface area contributed by atoms with E-state index in [1.165, 1.54) is 17.4 Å². The lowest BCUT2D eigenvalue weighted by molar-refractivity contribution is -0.150. The van der Waals surface area contributed by atoms with E-state index in [0.29, 0.717) is 24.5 Å². The summed E-state index contributed by atoms with van der Waals surface area (Å²) < 4.78 is 29.7. The molecule has 25 heavy (non-hydrogen) atoms. The first kappa shape index (κ1) is 16.0. The van der Waals surface area contributed by atoms with Crippen molar-refractivity contribution < 1.29 is 13.6 Å². The lowest BCUT2D eigenvalue weighted by atomic mass is 9.75. The van der Waals surface area contributed by atoms with E-state index >= 15 is 0 Å². The van der Waals surface area contributed by atoms with E-state index in [0.717, 1.165) is 0 Å². The number of nitrogens with zero attached hydrogens (tertiary/aromatic N) is 4. The van der Waals surface area contributed by atoms with E-state index in [2.05, 4.69) is 15.0 Å². The zero-order valence-electron chi connectivity index (χ0n) is 13.7. The van der Waals surface area contributed by atoms with Crippen molar-refractivity contribution in [3.8, 4) is 0 Å². The predicted octanol–water partition coefficient (Wildman–Crippen LogP) is 2.18. The maximum atomic E-state index is 14.8. The van der Waals surface area contributed by atoms with E-state index in [4.69, 9.17) is 0 Å². The topological polar surface area (TPSA) is 65.1 Å². The molecule has 0 aliphatic carbocycles. The summed E-state index contributed by atoms with van der Waals surface area (Å²) >= 11 is 0. The molecular formula is C17H19F2N5O. The van der Waals surface area contributed by atoms with E-state index in [1.807, 2.05) is 17.0 Å². The number of likely N-dealkylation sites (tertiary alicyclic amines) is 1. The number of pyridine rings is 1. The van der Waals surface area contributed by atoms with Gasteiger partial charge in [-0.05, 0) is 18.6 Å². The maximum Gasteiger partial charge on any atom is 0.271 e. The maximum absolute atomic E-state index is 14.8. The van der Waals surface area contributed by atoms with Crippen LogP contribution in [0.25, 0.3) is 0 Å². The number of imidazole rings is 1. The van der Waals surface area contributed by atoms with Crippen LogP contribution in [-0.4, -0.2) is 57.9 Å². The Morgan fingerprint density at radius 1 is 1.20 bits per heavy atom. The van der Waals surface area contributed by atoms with Gasteiger partial charge in [0.2, 0.25) is 0 Å². The monoisotopic (exact) mass is 347 g/mol. The van der Waals surface area contributed by atoms with Crippen LogP contribution in [-0.2, 0) is 0 Å². The number of aromatic nitrogens is 3. The van der Waals surface area contributed by atoms with Gasteiger partial charge in [-0.1, -0.05) is 6.07 Å². The summed E-state index contributed by atoms with van der Waals surface area (Å²) in [4.78, 5) is 26.8. The average molecular weight is 347 g/mol. The fraction of sp³-hybridized carbons (Fsp3) is 0.471. The molecular weight excluding hydrogens is 328 g/mol. The van der Waals surface area contributed by atoms with Crippen LogP contribution in [0.15, 0.2) is 36.9 Å². The molecule has 0 unspecified atom stereocenters. The Bertz CT molecular complexity index is 752. The van der Waals surface area contributed by atoms with Gasteiger partial charge in [-0.2, -0.15) is 0 Å². The fourth-order valence-electron chi connectivity index (χ4n) is 3.85. The summed E-state index contributed by atoms with van der Waals surface area (Å²) in [6.07, 6.45) is 4.52. The summed E-state index contributed by atoms with van der Waals surface area (Å²) in [6, 6.07) is 5.48. The van der Waals surface area contributed by atoms with Gasteiger partial charge in [-0.3, -0.25) is 4.79 Å². The van der Waals surface area contributed by atoms with Gasteiger partial charge in [-0.25, -0.2) is 18.7 Å². The van der Waals surface area contributed by atoms with Crippen molar-refractivity contribution >= 4 is 11.7 Å². The van der Waals surface area contributed by atoms with E-state index < -0.39 is 11.3 Å². The van der Waals surface area contributed by atoms with Crippen LogP contribution in [0.5, 0.6) is 0 Å². The lowest BCUT2D eigenvalue weighted by Gasteiger charge is -2.45. The molecule has 2 fully saturated rings. The SMILES string of the molecule is O=C(c1cnc[nH]1)N1CCC(F)(F)[C@]2(CCN(c3ccccn3)C2)C1. The molecule has 1 N–H and O–H groups in total. The minimum Gasteiger partial charge on any atom is -0.356 e. The molecule has 0 aromatic carbocycles. The molecule has 0 radical (unpaired) electrons. The molecule has 1 spiro atoms. The Hall–Kier alpha value is -2.51. The Morgan fingerprint density at radius 3 is 2.80 bits per heavy atom. The van der Waals surface area contributed by atoms with Crippen LogP contribution in [0.2, 0.25) is 0 Å². The first-order valence-corrected chi connectivity index (χ1v) is 8.32. The van der Waals surface area contributed by atoms with Gasteiger partial charge in [-0.15, -0.1) is 0 Å². The van der Waals surface area contributed by atoms with Crippen molar-refractivity contribution in [2.75, 3.05) is 31.1 Å². The van der Waals surface area contributed by atoms with Gasteiger partial charge in [0.15, 0.2) is 0 Å². The molecule has 2 aliphatic heterocycles. The van der Waals surface area contributed by atoms with Crippen molar-refractivity contribution in [2.45, 2.75) is 18.8 Å². The second-order valence-electron chi connectivity index (χ2n) is 6.79. The number of amides is 1. The third kappa shape index (κ3) is 2.65. The molecule has 0 saturated carbocycles. The van der Waals surface area contributed by atoms with Gasteiger partial charge in [0.25, 0.3) is 11.8 Å². The minimum absolute atomic E-state index is 0.0428. The normalized spacial score (nSPS) is 25.5. The fourth-order valence-corrected chi connectivity index (χ4v) is 3.85. The minimum atomic E-state index is -2.80. The van der Waals surface area contributed by atoms with E-state index in [1.54, 1.807) is 12.3 Å². The standard InChI is InChI=1S/C17H19F2N5O/c18-17(19)5-8-24(15(25)13-9-20-12-22-13)11-16(17)4-7-23(10-16)14-3-1-2-6-21-14/h1-3,6,9,12H,4-5,7-8,10-11H2,(H,20,22)/t16-/m0/s1. The van der Waals surface area contributed by atoms with E-state index in [9.17, 15) is 13.6 Å². The molecule has 2 aromatic rings. The van der Waals surface area contributed by atoms with Crippen LogP contribution < -0.4 is 4.90 Å². The number of carbonyl (C=O) groups excluding carboxylic acids is 1. The van der Waals surface area contributed by atoms with Gasteiger partial charge in [0.1, 0.15) is 11.5 Å². The Morgan fingerprint density at radius 2 is 2.08 bits per heavy atom. The molecule has 4 rings (SSSR count). The summed E-state index contributed by atoms with van der Waals surface area (Å²) in [5.41, 5.74) is -0.904. The third-order valence-corrected chi connectivity index (χ3v) is 5.31. The molecule has 1 amide bonds. The van der Waals surface area contributed by atoms with Crippen LogP contribution in [0, 0.1) is 5.41 Å². The van der Waals surface area contributed by atoms with Crippen molar-refractivity contribution in [3.05, 3.63) is 42.6 Å². The van der Waals surface area contributed by atoms with Crippen LogP contribution >= 0.6 is 0 Å². The summed E-state index contributed by atoms with van der Waals surface area (Å²) in [6.45, 7) is 0.805. The van der Waals surface area contributed by atoms with Crippen molar-refractivity contribution in [2.24, 2.45) is 5.41 Å². The highest BCUT2D eigenvalue weighted by molar-refractivity contribution is 5.92. The number of hydrogen-bond donors (Lipinski definition) is 1. The number of halogens is 2. The Balaban J connectivity index is 1.57. The number of nitrogens with one attached hydrogen (secondary N) is 1. The Kier molecular flexibility index (Phi) is 3.70. The molecule has 2 aromatic heterocycles. The number of aromatic amines is 1. The molecule has 4 heterocycles. The van der Waals surface area contributed by atoms with Gasteiger partial charge in [0.05, 0.1) is 17.9 Å². The van der Waals surface area contributed by atoms with Crippen LogP contribution in [0.4, 0.5) is 14.6 Å². The van der Waals surface area contributed by atoms with E-state index in [-0.39, 0.29) is 32.0 Å². The summed E-state index contributed by atoms with van der Waals surface area (Å²) in [5.74, 6) is -2.38. The third-order valence-electron chi connectivity index (χ3n) is 5.31. The molecule has 132 valence electrons. The van der Waals surface area contributed by atoms with Gasteiger partial charge >= 0.3 is 0 Å². The van der Waals surface area contributed by atoms with Crippen molar-refractivity contribution in [1.29, 1.82) is 0 Å². The van der Waals surface area contributed by atoms with Gasteiger partial charge < -0.3 is 14.8 Å². The zero-order valence-corrected chi connectivity index (χ0v) is 13.7. The highest BCUT2D eigenvalue weighted by atomic mass is 19.3. The quantitative estimate of drug-likeness (QED) is 0.904. The number of hydrogen-bond acceptors (Lipinski definition) is 4. The molecule has 2 saturated heterocycles. The van der Waals surface area contributed by atoms with Crippen molar-refractivity contribution in [1.82, 2.24) is 19.9 Å². The number of anilines is 1. The smallest absolute Gasteiger partial charge is 0.271 e. The number of rotatable bonds is 2. The summed E-state index contributed by atoms with van der Waals surface area (Å²) in [5, 5.41) is 0. The second kappa shape index (κ2) is 5.79. The van der Waals surface area contributed by atoms with Crippen molar-refractivity contribution in [3.63, 3.8) is 0 Å². The van der Waals surface area contributed by atoms with Gasteiger partial charge in [0, 0.05) is 38.8 Å². The largest absolute Gasteiger partial charge is 0.356 e. The number of alkyl halides is 2. The lowest BCUT2D eigenvalue weighted by Crippen LogP contribution is -2.58. The van der Waals surface area contributed by atoms with Crippen LogP contribution in [0.1, 0.15) is 23.3 Å². The Labute approximate surface area is 143 Å². The average Bonchev–Trinajstić information content (AvgIpc) is 3.29.